The topological polar surface area (TPSA) is 70.7 Å². The van der Waals surface area contributed by atoms with Gasteiger partial charge in [0.25, 0.3) is 0 Å². The highest BCUT2D eigenvalue weighted by Gasteiger charge is 2.11. The van der Waals surface area contributed by atoms with Crippen LogP contribution in [0.3, 0.4) is 0 Å². The van der Waals surface area contributed by atoms with Gasteiger partial charge >= 0.3 is 12.0 Å². The fourth-order valence-electron chi connectivity index (χ4n) is 2.35. The average Bonchev–Trinajstić information content (AvgIpc) is 3.00. The molecule has 21 heavy (non-hydrogen) atoms. The molecule has 1 aliphatic heterocycles. The van der Waals surface area contributed by atoms with Crippen molar-refractivity contribution in [1.82, 2.24) is 10.2 Å². The summed E-state index contributed by atoms with van der Waals surface area (Å²) in [6, 6.07) is 6.39. The minimum Gasteiger partial charge on any atom is -0.465 e. The molecule has 1 saturated heterocycles. The molecule has 1 aromatic rings. The normalized spacial score (nSPS) is 14.7. The molecule has 6 nitrogen and oxygen atoms in total. The second-order valence-corrected chi connectivity index (χ2v) is 5.00. The van der Waals surface area contributed by atoms with Gasteiger partial charge in [0.15, 0.2) is 0 Å². The Morgan fingerprint density at radius 2 is 2.05 bits per heavy atom. The molecule has 0 aromatic heterocycles. The molecular formula is C15H21N3O3. The maximum atomic E-state index is 11.8. The van der Waals surface area contributed by atoms with Crippen LogP contribution in [-0.4, -0.2) is 50.2 Å². The molecule has 0 radical (unpaired) electrons. The lowest BCUT2D eigenvalue weighted by atomic mass is 10.2. The van der Waals surface area contributed by atoms with Crippen molar-refractivity contribution in [3.63, 3.8) is 0 Å². The summed E-state index contributed by atoms with van der Waals surface area (Å²) in [6.45, 7) is 3.72. The highest BCUT2D eigenvalue weighted by atomic mass is 16.5. The van der Waals surface area contributed by atoms with Crippen molar-refractivity contribution >= 4 is 17.7 Å². The van der Waals surface area contributed by atoms with Gasteiger partial charge in [-0.05, 0) is 44.1 Å². The van der Waals surface area contributed by atoms with Gasteiger partial charge in [-0.1, -0.05) is 6.07 Å². The summed E-state index contributed by atoms with van der Waals surface area (Å²) in [6.07, 6.45) is 2.49. The lowest BCUT2D eigenvalue weighted by Crippen LogP contribution is -2.35. The minimum atomic E-state index is -0.423. The van der Waals surface area contributed by atoms with Gasteiger partial charge in [-0.3, -0.25) is 0 Å². The molecule has 0 aliphatic carbocycles. The zero-order valence-electron chi connectivity index (χ0n) is 12.2. The van der Waals surface area contributed by atoms with Gasteiger partial charge in [0, 0.05) is 18.8 Å². The van der Waals surface area contributed by atoms with Crippen LogP contribution in [0.4, 0.5) is 10.5 Å². The lowest BCUT2D eigenvalue weighted by molar-refractivity contribution is 0.0600. The Bertz CT molecular complexity index is 499. The number of nitrogens with zero attached hydrogens (tertiary/aromatic N) is 1. The molecule has 1 heterocycles. The van der Waals surface area contributed by atoms with Crippen LogP contribution < -0.4 is 10.6 Å². The number of hydrogen-bond acceptors (Lipinski definition) is 4. The Morgan fingerprint density at radius 1 is 1.29 bits per heavy atom. The molecular weight excluding hydrogens is 270 g/mol. The van der Waals surface area contributed by atoms with Crippen LogP contribution in [-0.2, 0) is 4.74 Å². The molecule has 1 aliphatic rings. The van der Waals surface area contributed by atoms with Gasteiger partial charge in [0.2, 0.25) is 0 Å². The monoisotopic (exact) mass is 291 g/mol. The summed E-state index contributed by atoms with van der Waals surface area (Å²) in [4.78, 5) is 25.5. The van der Waals surface area contributed by atoms with E-state index >= 15 is 0 Å². The first-order valence-corrected chi connectivity index (χ1v) is 7.14. The van der Waals surface area contributed by atoms with Gasteiger partial charge in [-0.15, -0.1) is 0 Å². The first-order valence-electron chi connectivity index (χ1n) is 7.14. The minimum absolute atomic E-state index is 0.267. The number of esters is 1. The fraction of sp³-hybridized carbons (Fsp3) is 0.467. The summed E-state index contributed by atoms with van der Waals surface area (Å²) in [5, 5.41) is 5.52. The van der Waals surface area contributed by atoms with Crippen molar-refractivity contribution in [2.24, 2.45) is 0 Å². The molecule has 2 rings (SSSR count). The molecule has 2 amide bonds. The first-order chi connectivity index (χ1) is 10.2. The standard InChI is InChI=1S/C15H21N3O3/c1-21-14(19)12-5-4-6-13(11-12)17-15(20)16-7-10-18-8-2-3-9-18/h4-6,11H,2-3,7-10H2,1H3,(H2,16,17,20). The van der Waals surface area contributed by atoms with Crippen LogP contribution in [0.1, 0.15) is 23.2 Å². The Labute approximate surface area is 124 Å². The average molecular weight is 291 g/mol. The zero-order valence-corrected chi connectivity index (χ0v) is 12.2. The molecule has 1 aromatic carbocycles. The Kier molecular flexibility index (Phi) is 5.57. The third-order valence-corrected chi connectivity index (χ3v) is 3.45. The van der Waals surface area contributed by atoms with E-state index in [0.29, 0.717) is 17.8 Å². The Morgan fingerprint density at radius 3 is 2.76 bits per heavy atom. The number of benzene rings is 1. The number of urea groups is 1. The van der Waals surface area contributed by atoms with Gasteiger partial charge in [-0.2, -0.15) is 0 Å². The summed E-state index contributed by atoms with van der Waals surface area (Å²) < 4.78 is 4.65. The maximum absolute atomic E-state index is 11.8. The number of anilines is 1. The Hall–Kier alpha value is -2.08. The fourth-order valence-corrected chi connectivity index (χ4v) is 2.35. The van der Waals surface area contributed by atoms with Crippen LogP contribution in [0.15, 0.2) is 24.3 Å². The largest absolute Gasteiger partial charge is 0.465 e. The highest BCUT2D eigenvalue weighted by molar-refractivity contribution is 5.93. The number of carbonyl (C=O) groups is 2. The number of nitrogens with one attached hydrogen (secondary N) is 2. The van der Waals surface area contributed by atoms with Crippen LogP contribution in [0, 0.1) is 0 Å². The van der Waals surface area contributed by atoms with E-state index in [0.717, 1.165) is 19.6 Å². The van der Waals surface area contributed by atoms with Crippen LogP contribution >= 0.6 is 0 Å². The van der Waals surface area contributed by atoms with E-state index in [1.54, 1.807) is 24.3 Å². The predicted molar refractivity (Wildman–Crippen MR) is 80.5 cm³/mol. The van der Waals surface area contributed by atoms with Crippen molar-refractivity contribution in [3.8, 4) is 0 Å². The van der Waals surface area contributed by atoms with E-state index < -0.39 is 5.97 Å². The van der Waals surface area contributed by atoms with E-state index in [1.165, 1.54) is 20.0 Å². The summed E-state index contributed by atoms with van der Waals surface area (Å²) in [7, 11) is 1.33. The van der Waals surface area contributed by atoms with Gasteiger partial charge in [0.05, 0.1) is 12.7 Å². The number of hydrogen-bond donors (Lipinski definition) is 2. The van der Waals surface area contributed by atoms with Crippen molar-refractivity contribution in [3.05, 3.63) is 29.8 Å². The molecule has 0 saturated carbocycles. The van der Waals surface area contributed by atoms with E-state index in [9.17, 15) is 9.59 Å². The quantitative estimate of drug-likeness (QED) is 0.810. The van der Waals surface area contributed by atoms with Crippen LogP contribution in [0.25, 0.3) is 0 Å². The molecule has 0 atom stereocenters. The van der Waals surface area contributed by atoms with Crippen molar-refractivity contribution in [2.75, 3.05) is 38.6 Å². The second-order valence-electron chi connectivity index (χ2n) is 5.00. The Balaban J connectivity index is 1.77. The predicted octanol–water partition coefficient (Wildman–Crippen LogP) is 1.69. The highest BCUT2D eigenvalue weighted by Crippen LogP contribution is 2.11. The third kappa shape index (κ3) is 4.75. The van der Waals surface area contributed by atoms with E-state index in [2.05, 4.69) is 20.3 Å². The molecule has 114 valence electrons. The zero-order chi connectivity index (χ0) is 15.1. The maximum Gasteiger partial charge on any atom is 0.337 e. The lowest BCUT2D eigenvalue weighted by Gasteiger charge is -2.15. The number of likely N-dealkylation sites (tertiary alicyclic amines) is 1. The van der Waals surface area contributed by atoms with Crippen LogP contribution in [0.5, 0.6) is 0 Å². The molecule has 0 unspecified atom stereocenters. The SMILES string of the molecule is COC(=O)c1cccc(NC(=O)NCCN2CCCC2)c1. The van der Waals surface area contributed by atoms with E-state index in [-0.39, 0.29) is 6.03 Å². The summed E-state index contributed by atoms with van der Waals surface area (Å²) >= 11 is 0. The van der Waals surface area contributed by atoms with E-state index in [4.69, 9.17) is 0 Å². The van der Waals surface area contributed by atoms with Crippen LogP contribution in [0.2, 0.25) is 0 Å². The second kappa shape index (κ2) is 7.64. The van der Waals surface area contributed by atoms with Gasteiger partial charge in [0.1, 0.15) is 0 Å². The molecule has 2 N–H and O–H groups in total. The number of carbonyl (C=O) groups excluding carboxylic acids is 2. The molecule has 0 spiro atoms. The van der Waals surface area contributed by atoms with Gasteiger partial charge in [-0.25, -0.2) is 9.59 Å². The summed E-state index contributed by atoms with van der Waals surface area (Å²) in [5.41, 5.74) is 0.976. The molecule has 0 bridgehead atoms. The number of amides is 2. The van der Waals surface area contributed by atoms with Crippen molar-refractivity contribution in [1.29, 1.82) is 0 Å². The van der Waals surface area contributed by atoms with Crippen molar-refractivity contribution in [2.45, 2.75) is 12.8 Å². The molecule has 1 fully saturated rings. The van der Waals surface area contributed by atoms with Gasteiger partial charge < -0.3 is 20.3 Å². The number of methoxy groups -OCH3 is 1. The number of ether oxygens (including phenoxy) is 1. The van der Waals surface area contributed by atoms with E-state index in [1.807, 2.05) is 0 Å². The smallest absolute Gasteiger partial charge is 0.337 e. The first kappa shape index (κ1) is 15.3. The third-order valence-electron chi connectivity index (χ3n) is 3.45. The van der Waals surface area contributed by atoms with Crippen molar-refractivity contribution < 1.29 is 14.3 Å². The number of rotatable bonds is 5. The molecule has 6 heteroatoms. The summed E-state index contributed by atoms with van der Waals surface area (Å²) in [5.74, 6) is -0.423.